The van der Waals surface area contributed by atoms with E-state index in [1.807, 2.05) is 24.3 Å². The summed E-state index contributed by atoms with van der Waals surface area (Å²) in [7, 11) is 1.61. The van der Waals surface area contributed by atoms with Gasteiger partial charge < -0.3 is 15.0 Å². The zero-order chi connectivity index (χ0) is 10.8. The lowest BCUT2D eigenvalue weighted by Crippen LogP contribution is -2.27. The Bertz CT molecular complexity index is 402. The van der Waals surface area contributed by atoms with Gasteiger partial charge in [-0.1, -0.05) is 0 Å². The number of benzene rings is 1. The number of carbonyl (C=O) groups is 1. The van der Waals surface area contributed by atoms with Crippen LogP contribution in [0.4, 0.5) is 5.69 Å². The molecule has 1 aliphatic heterocycles. The molecule has 5 heteroatoms. The third-order valence-corrected chi connectivity index (χ3v) is 2.50. The Morgan fingerprint density at radius 1 is 1.40 bits per heavy atom. The van der Waals surface area contributed by atoms with E-state index in [2.05, 4.69) is 5.32 Å². The molecule has 4 nitrogen and oxygen atoms in total. The van der Waals surface area contributed by atoms with Crippen LogP contribution in [0.5, 0.6) is 5.75 Å². The van der Waals surface area contributed by atoms with E-state index in [0.29, 0.717) is 5.11 Å². The summed E-state index contributed by atoms with van der Waals surface area (Å²) < 4.78 is 5.05. The monoisotopic (exact) mass is 222 g/mol. The summed E-state index contributed by atoms with van der Waals surface area (Å²) in [4.78, 5) is 12.8. The Balaban J connectivity index is 2.22. The predicted octanol–water partition coefficient (Wildman–Crippen LogP) is 0.916. The Morgan fingerprint density at radius 3 is 2.53 bits per heavy atom. The lowest BCUT2D eigenvalue weighted by atomic mass is 10.3. The first-order chi connectivity index (χ1) is 7.20. The molecule has 1 aromatic carbocycles. The van der Waals surface area contributed by atoms with E-state index >= 15 is 0 Å². The maximum atomic E-state index is 11.1. The molecular weight excluding hydrogens is 212 g/mol. The number of nitrogens with zero attached hydrogens (tertiary/aromatic N) is 1. The summed E-state index contributed by atoms with van der Waals surface area (Å²) in [5, 5.41) is 3.03. The van der Waals surface area contributed by atoms with E-state index in [0.717, 1.165) is 11.4 Å². The van der Waals surface area contributed by atoms with Crippen LogP contribution in [0.15, 0.2) is 24.3 Å². The number of hydrogen-bond acceptors (Lipinski definition) is 3. The molecule has 1 saturated heterocycles. The smallest absolute Gasteiger partial charge is 0.246 e. The largest absolute Gasteiger partial charge is 0.497 e. The molecule has 0 unspecified atom stereocenters. The molecule has 2 rings (SSSR count). The second kappa shape index (κ2) is 3.86. The van der Waals surface area contributed by atoms with E-state index in [9.17, 15) is 4.79 Å². The standard InChI is InChI=1S/C10H10N2O2S/c1-14-8-4-2-7(3-5-8)12-6-9(13)11-10(12)15/h2-5H,6H2,1H3,(H,11,13,15). The third-order valence-electron chi connectivity index (χ3n) is 2.18. The SMILES string of the molecule is COc1ccc(N2CC(=O)NC2=S)cc1. The molecule has 1 fully saturated rings. The molecule has 78 valence electrons. The van der Waals surface area contributed by atoms with Gasteiger partial charge in [-0.15, -0.1) is 0 Å². The Morgan fingerprint density at radius 2 is 2.07 bits per heavy atom. The van der Waals surface area contributed by atoms with Gasteiger partial charge >= 0.3 is 0 Å². The van der Waals surface area contributed by atoms with Gasteiger partial charge in [-0.3, -0.25) is 4.79 Å². The fourth-order valence-corrected chi connectivity index (χ4v) is 1.70. The van der Waals surface area contributed by atoms with E-state index < -0.39 is 0 Å². The predicted molar refractivity (Wildman–Crippen MR) is 61.1 cm³/mol. The highest BCUT2D eigenvalue weighted by molar-refractivity contribution is 7.80. The van der Waals surface area contributed by atoms with Gasteiger partial charge in [0.05, 0.1) is 7.11 Å². The molecule has 0 aliphatic carbocycles. The first-order valence-electron chi connectivity index (χ1n) is 4.46. The fraction of sp³-hybridized carbons (Fsp3) is 0.200. The average molecular weight is 222 g/mol. The molecule has 0 bridgehead atoms. The maximum absolute atomic E-state index is 11.1. The molecule has 1 aromatic rings. The number of carbonyl (C=O) groups excluding carboxylic acids is 1. The van der Waals surface area contributed by atoms with Crippen molar-refractivity contribution in [2.45, 2.75) is 0 Å². The Labute approximate surface area is 92.8 Å². The van der Waals surface area contributed by atoms with Crippen molar-refractivity contribution in [3.8, 4) is 5.75 Å². The average Bonchev–Trinajstić information content (AvgIpc) is 2.58. The number of amides is 1. The van der Waals surface area contributed by atoms with Crippen molar-refractivity contribution in [1.29, 1.82) is 0 Å². The molecule has 15 heavy (non-hydrogen) atoms. The van der Waals surface area contributed by atoms with Gasteiger partial charge in [-0.05, 0) is 36.5 Å². The summed E-state index contributed by atoms with van der Waals surface area (Å²) in [5.41, 5.74) is 0.888. The summed E-state index contributed by atoms with van der Waals surface area (Å²) >= 11 is 5.02. The van der Waals surface area contributed by atoms with Crippen molar-refractivity contribution in [2.24, 2.45) is 0 Å². The molecule has 1 heterocycles. The van der Waals surface area contributed by atoms with Crippen molar-refractivity contribution in [3.05, 3.63) is 24.3 Å². The number of ether oxygens (including phenoxy) is 1. The second-order valence-electron chi connectivity index (χ2n) is 3.14. The van der Waals surface area contributed by atoms with Crippen LogP contribution >= 0.6 is 12.2 Å². The molecule has 0 aromatic heterocycles. The van der Waals surface area contributed by atoms with Crippen molar-refractivity contribution >= 4 is 28.9 Å². The summed E-state index contributed by atoms with van der Waals surface area (Å²) in [6.45, 7) is 0.283. The van der Waals surface area contributed by atoms with Crippen molar-refractivity contribution in [2.75, 3.05) is 18.6 Å². The molecule has 0 radical (unpaired) electrons. The van der Waals surface area contributed by atoms with Gasteiger partial charge in [0.15, 0.2) is 5.11 Å². The topological polar surface area (TPSA) is 41.6 Å². The number of hydrogen-bond donors (Lipinski definition) is 1. The molecule has 0 atom stereocenters. The summed E-state index contributed by atoms with van der Waals surface area (Å²) in [6, 6.07) is 7.40. The maximum Gasteiger partial charge on any atom is 0.246 e. The minimum absolute atomic E-state index is 0.0733. The van der Waals surface area contributed by atoms with E-state index in [1.54, 1.807) is 12.0 Å². The highest BCUT2D eigenvalue weighted by Gasteiger charge is 2.24. The minimum Gasteiger partial charge on any atom is -0.497 e. The minimum atomic E-state index is -0.0733. The van der Waals surface area contributed by atoms with E-state index in [4.69, 9.17) is 17.0 Å². The van der Waals surface area contributed by atoms with Crippen LogP contribution in [0, 0.1) is 0 Å². The normalized spacial score (nSPS) is 15.4. The van der Waals surface area contributed by atoms with Gasteiger partial charge in [-0.25, -0.2) is 0 Å². The first kappa shape index (κ1) is 9.92. The van der Waals surface area contributed by atoms with Crippen molar-refractivity contribution < 1.29 is 9.53 Å². The highest BCUT2D eigenvalue weighted by Crippen LogP contribution is 2.20. The lowest BCUT2D eigenvalue weighted by Gasteiger charge is -2.15. The molecule has 1 amide bonds. The van der Waals surface area contributed by atoms with Crippen LogP contribution in [0.2, 0.25) is 0 Å². The van der Waals surface area contributed by atoms with Crippen LogP contribution in [0.3, 0.4) is 0 Å². The van der Waals surface area contributed by atoms with Crippen molar-refractivity contribution in [1.82, 2.24) is 5.32 Å². The van der Waals surface area contributed by atoms with Crippen LogP contribution in [-0.4, -0.2) is 24.7 Å². The Kier molecular flexibility index (Phi) is 2.55. The van der Waals surface area contributed by atoms with Gasteiger partial charge in [0, 0.05) is 5.69 Å². The zero-order valence-electron chi connectivity index (χ0n) is 8.19. The van der Waals surface area contributed by atoms with Crippen LogP contribution in [0.1, 0.15) is 0 Å². The summed E-state index contributed by atoms with van der Waals surface area (Å²) in [5.74, 6) is 0.707. The number of methoxy groups -OCH3 is 1. The van der Waals surface area contributed by atoms with Crippen LogP contribution < -0.4 is 15.0 Å². The fourth-order valence-electron chi connectivity index (χ4n) is 1.41. The molecular formula is C10H10N2O2S. The quantitative estimate of drug-likeness (QED) is 0.755. The van der Waals surface area contributed by atoms with Gasteiger partial charge in [0.25, 0.3) is 0 Å². The molecule has 1 N–H and O–H groups in total. The Hall–Kier alpha value is -1.62. The first-order valence-corrected chi connectivity index (χ1v) is 4.87. The number of anilines is 1. The van der Waals surface area contributed by atoms with E-state index in [-0.39, 0.29) is 12.5 Å². The number of rotatable bonds is 2. The lowest BCUT2D eigenvalue weighted by molar-refractivity contribution is -0.117. The molecule has 0 spiro atoms. The summed E-state index contributed by atoms with van der Waals surface area (Å²) in [6.07, 6.45) is 0. The van der Waals surface area contributed by atoms with Gasteiger partial charge in [0.2, 0.25) is 5.91 Å². The molecule has 1 aliphatic rings. The molecule has 0 saturated carbocycles. The highest BCUT2D eigenvalue weighted by atomic mass is 32.1. The van der Waals surface area contributed by atoms with Crippen LogP contribution in [-0.2, 0) is 4.79 Å². The zero-order valence-corrected chi connectivity index (χ0v) is 9.00. The van der Waals surface area contributed by atoms with Gasteiger partial charge in [0.1, 0.15) is 12.3 Å². The third kappa shape index (κ3) is 1.92. The van der Waals surface area contributed by atoms with E-state index in [1.165, 1.54) is 0 Å². The number of thiocarbonyl (C=S) groups is 1. The van der Waals surface area contributed by atoms with Crippen LogP contribution in [0.25, 0.3) is 0 Å². The second-order valence-corrected chi connectivity index (χ2v) is 3.52. The van der Waals surface area contributed by atoms with Crippen molar-refractivity contribution in [3.63, 3.8) is 0 Å². The number of nitrogens with one attached hydrogen (secondary N) is 1. The van der Waals surface area contributed by atoms with Gasteiger partial charge in [-0.2, -0.15) is 0 Å².